The highest BCUT2D eigenvalue weighted by Crippen LogP contribution is 2.18. The van der Waals surface area contributed by atoms with Crippen LogP contribution in [-0.4, -0.2) is 75.8 Å². The SMILES string of the molecule is CN=C(NCCN1CCC(C)CC1)N(C)CCC1CCOCC1. The average molecular weight is 325 g/mol. The van der Waals surface area contributed by atoms with Gasteiger partial charge < -0.3 is 19.9 Å². The Hall–Kier alpha value is -0.810. The molecule has 2 rings (SSSR count). The number of hydrogen-bond acceptors (Lipinski definition) is 3. The molecule has 0 aromatic rings. The van der Waals surface area contributed by atoms with Crippen LogP contribution in [-0.2, 0) is 4.74 Å². The summed E-state index contributed by atoms with van der Waals surface area (Å²) in [5.41, 5.74) is 0. The third-order valence-electron chi connectivity index (χ3n) is 5.37. The van der Waals surface area contributed by atoms with Gasteiger partial charge in [0.2, 0.25) is 0 Å². The molecule has 2 aliphatic rings. The molecule has 5 nitrogen and oxygen atoms in total. The van der Waals surface area contributed by atoms with Gasteiger partial charge in [0.05, 0.1) is 0 Å². The molecule has 0 amide bonds. The van der Waals surface area contributed by atoms with E-state index in [1.54, 1.807) is 0 Å². The first-order valence-electron chi connectivity index (χ1n) is 9.41. The number of aliphatic imine (C=N–C) groups is 1. The van der Waals surface area contributed by atoms with Crippen molar-refractivity contribution in [1.29, 1.82) is 0 Å². The molecule has 0 aromatic carbocycles. The second-order valence-corrected chi connectivity index (χ2v) is 7.26. The summed E-state index contributed by atoms with van der Waals surface area (Å²) < 4.78 is 5.44. The number of likely N-dealkylation sites (tertiary alicyclic amines) is 1. The molecule has 2 saturated heterocycles. The van der Waals surface area contributed by atoms with Crippen molar-refractivity contribution in [3.8, 4) is 0 Å². The normalized spacial score (nSPS) is 22.3. The van der Waals surface area contributed by atoms with Gasteiger partial charge in [0.15, 0.2) is 5.96 Å². The molecule has 2 heterocycles. The van der Waals surface area contributed by atoms with Crippen molar-refractivity contribution in [2.75, 3.05) is 60.0 Å². The van der Waals surface area contributed by atoms with Gasteiger partial charge in [0.25, 0.3) is 0 Å². The number of hydrogen-bond donors (Lipinski definition) is 1. The van der Waals surface area contributed by atoms with Gasteiger partial charge >= 0.3 is 0 Å². The smallest absolute Gasteiger partial charge is 0.193 e. The Morgan fingerprint density at radius 1 is 1.22 bits per heavy atom. The molecule has 0 aromatic heterocycles. The second-order valence-electron chi connectivity index (χ2n) is 7.26. The van der Waals surface area contributed by atoms with Gasteiger partial charge in [-0.25, -0.2) is 0 Å². The molecule has 0 spiro atoms. The summed E-state index contributed by atoms with van der Waals surface area (Å²) in [6, 6.07) is 0. The summed E-state index contributed by atoms with van der Waals surface area (Å²) in [6.07, 6.45) is 6.37. The minimum absolute atomic E-state index is 0.819. The third kappa shape index (κ3) is 6.68. The monoisotopic (exact) mass is 324 g/mol. The first kappa shape index (κ1) is 18.5. The van der Waals surface area contributed by atoms with Gasteiger partial charge in [-0.3, -0.25) is 4.99 Å². The Balaban J connectivity index is 1.61. The Morgan fingerprint density at radius 3 is 2.57 bits per heavy atom. The van der Waals surface area contributed by atoms with Gasteiger partial charge in [-0.05, 0) is 57.0 Å². The number of nitrogens with one attached hydrogen (secondary N) is 1. The molecule has 2 aliphatic heterocycles. The van der Waals surface area contributed by atoms with Crippen molar-refractivity contribution >= 4 is 5.96 Å². The van der Waals surface area contributed by atoms with Crippen LogP contribution in [0.5, 0.6) is 0 Å². The Morgan fingerprint density at radius 2 is 1.91 bits per heavy atom. The van der Waals surface area contributed by atoms with Crippen LogP contribution in [0.15, 0.2) is 4.99 Å². The van der Waals surface area contributed by atoms with Crippen molar-refractivity contribution in [1.82, 2.24) is 15.1 Å². The molecule has 1 N–H and O–H groups in total. The van der Waals surface area contributed by atoms with E-state index in [9.17, 15) is 0 Å². The third-order valence-corrected chi connectivity index (χ3v) is 5.37. The van der Waals surface area contributed by atoms with Gasteiger partial charge in [0, 0.05) is 46.9 Å². The fourth-order valence-corrected chi connectivity index (χ4v) is 3.51. The lowest BCUT2D eigenvalue weighted by atomic mass is 9.96. The van der Waals surface area contributed by atoms with Crippen LogP contribution in [0.3, 0.4) is 0 Å². The quantitative estimate of drug-likeness (QED) is 0.600. The van der Waals surface area contributed by atoms with Gasteiger partial charge in [0.1, 0.15) is 0 Å². The topological polar surface area (TPSA) is 40.1 Å². The fourth-order valence-electron chi connectivity index (χ4n) is 3.51. The summed E-state index contributed by atoms with van der Waals surface area (Å²) in [5.74, 6) is 2.75. The Bertz CT molecular complexity index is 347. The maximum Gasteiger partial charge on any atom is 0.193 e. The van der Waals surface area contributed by atoms with E-state index in [0.29, 0.717) is 0 Å². The standard InChI is InChI=1S/C18H36N4O/c1-16-4-11-22(12-5-16)13-9-20-18(19-2)21(3)10-6-17-7-14-23-15-8-17/h16-17H,4-15H2,1-3H3,(H,19,20). The molecule has 23 heavy (non-hydrogen) atoms. The molecule has 0 aliphatic carbocycles. The molecular formula is C18H36N4O. The first-order valence-corrected chi connectivity index (χ1v) is 9.41. The average Bonchev–Trinajstić information content (AvgIpc) is 2.59. The van der Waals surface area contributed by atoms with Crippen molar-refractivity contribution in [2.45, 2.75) is 39.0 Å². The van der Waals surface area contributed by atoms with E-state index in [4.69, 9.17) is 4.74 Å². The van der Waals surface area contributed by atoms with E-state index >= 15 is 0 Å². The van der Waals surface area contributed by atoms with Gasteiger partial charge in [-0.2, -0.15) is 0 Å². The lowest BCUT2D eigenvalue weighted by Gasteiger charge is -2.31. The summed E-state index contributed by atoms with van der Waals surface area (Å²) in [5, 5.41) is 3.53. The second kappa shape index (κ2) is 10.1. The number of ether oxygens (including phenoxy) is 1. The van der Waals surface area contributed by atoms with Crippen LogP contribution in [0.4, 0.5) is 0 Å². The minimum Gasteiger partial charge on any atom is -0.381 e. The van der Waals surface area contributed by atoms with Crippen molar-refractivity contribution < 1.29 is 4.74 Å². The lowest BCUT2D eigenvalue weighted by Crippen LogP contribution is -2.44. The lowest BCUT2D eigenvalue weighted by molar-refractivity contribution is 0.0625. The summed E-state index contributed by atoms with van der Waals surface area (Å²) in [4.78, 5) is 9.28. The summed E-state index contributed by atoms with van der Waals surface area (Å²) in [7, 11) is 4.03. The van der Waals surface area contributed by atoms with E-state index in [0.717, 1.165) is 50.6 Å². The molecule has 5 heteroatoms. The van der Waals surface area contributed by atoms with Crippen LogP contribution in [0.2, 0.25) is 0 Å². The molecule has 0 unspecified atom stereocenters. The van der Waals surface area contributed by atoms with Crippen LogP contribution >= 0.6 is 0 Å². The predicted molar refractivity (Wildman–Crippen MR) is 97.0 cm³/mol. The fraction of sp³-hybridized carbons (Fsp3) is 0.944. The minimum atomic E-state index is 0.819. The van der Waals surface area contributed by atoms with E-state index in [2.05, 4.69) is 34.1 Å². The van der Waals surface area contributed by atoms with E-state index in [1.165, 1.54) is 45.2 Å². The van der Waals surface area contributed by atoms with Crippen LogP contribution < -0.4 is 5.32 Å². The van der Waals surface area contributed by atoms with Gasteiger partial charge in [-0.1, -0.05) is 6.92 Å². The number of piperidine rings is 1. The zero-order valence-corrected chi connectivity index (χ0v) is 15.4. The Labute approximate surface area is 142 Å². The molecule has 0 radical (unpaired) electrons. The van der Waals surface area contributed by atoms with Crippen LogP contribution in [0.25, 0.3) is 0 Å². The summed E-state index contributed by atoms with van der Waals surface area (Å²) in [6.45, 7) is 9.94. The number of guanidine groups is 1. The van der Waals surface area contributed by atoms with Crippen molar-refractivity contribution in [3.05, 3.63) is 0 Å². The van der Waals surface area contributed by atoms with Crippen molar-refractivity contribution in [3.63, 3.8) is 0 Å². The maximum absolute atomic E-state index is 5.44. The highest BCUT2D eigenvalue weighted by Gasteiger charge is 2.17. The van der Waals surface area contributed by atoms with E-state index < -0.39 is 0 Å². The van der Waals surface area contributed by atoms with E-state index in [1.807, 2.05) is 7.05 Å². The largest absolute Gasteiger partial charge is 0.381 e. The molecule has 0 bridgehead atoms. The molecule has 0 saturated carbocycles. The first-order chi connectivity index (χ1) is 11.2. The molecule has 134 valence electrons. The molecule has 2 fully saturated rings. The maximum atomic E-state index is 5.44. The van der Waals surface area contributed by atoms with Crippen molar-refractivity contribution in [2.24, 2.45) is 16.8 Å². The zero-order valence-electron chi connectivity index (χ0n) is 15.4. The Kier molecular flexibility index (Phi) is 8.17. The highest BCUT2D eigenvalue weighted by molar-refractivity contribution is 5.79. The van der Waals surface area contributed by atoms with Gasteiger partial charge in [-0.15, -0.1) is 0 Å². The highest BCUT2D eigenvalue weighted by atomic mass is 16.5. The number of rotatable bonds is 6. The molecular weight excluding hydrogens is 288 g/mol. The van der Waals surface area contributed by atoms with E-state index in [-0.39, 0.29) is 0 Å². The molecule has 0 atom stereocenters. The van der Waals surface area contributed by atoms with Crippen LogP contribution in [0.1, 0.15) is 39.0 Å². The number of nitrogens with zero attached hydrogens (tertiary/aromatic N) is 3. The zero-order chi connectivity index (χ0) is 16.5. The summed E-state index contributed by atoms with van der Waals surface area (Å²) >= 11 is 0. The predicted octanol–water partition coefficient (Wildman–Crippen LogP) is 2.04. The van der Waals surface area contributed by atoms with Crippen LogP contribution in [0, 0.1) is 11.8 Å².